The molecule has 1 atom stereocenters. The maximum atomic E-state index is 13.5. The zero-order chi connectivity index (χ0) is 28.6. The third kappa shape index (κ3) is 7.42. The maximum Gasteiger partial charge on any atom is 0.251 e. The van der Waals surface area contributed by atoms with Crippen molar-refractivity contribution in [1.82, 2.24) is 5.32 Å². The van der Waals surface area contributed by atoms with Gasteiger partial charge in [-0.15, -0.1) is 0 Å². The SMILES string of the molecule is O=C(NCCc1cc(F)cc(F)c1)[C@@]1(CCS(=O)(=O)c2ccccc2)COC(c2ccc(OCCCO)cc2)=N1. The van der Waals surface area contributed by atoms with Crippen LogP contribution in [-0.2, 0) is 25.8 Å². The molecule has 40 heavy (non-hydrogen) atoms. The van der Waals surface area contributed by atoms with Crippen LogP contribution in [0.15, 0.2) is 82.7 Å². The van der Waals surface area contributed by atoms with Gasteiger partial charge in [-0.05, 0) is 66.9 Å². The Balaban J connectivity index is 1.52. The number of hydrogen-bond acceptors (Lipinski definition) is 7. The molecule has 1 aliphatic rings. The number of aliphatic imine (C=N–C) groups is 1. The van der Waals surface area contributed by atoms with Crippen molar-refractivity contribution in [2.75, 3.05) is 32.1 Å². The van der Waals surface area contributed by atoms with E-state index in [2.05, 4.69) is 10.3 Å². The number of benzene rings is 3. The Morgan fingerprint density at radius 3 is 2.42 bits per heavy atom. The molecule has 8 nitrogen and oxygen atoms in total. The second-order valence-corrected chi connectivity index (χ2v) is 11.5. The van der Waals surface area contributed by atoms with Gasteiger partial charge in [0, 0.05) is 31.2 Å². The highest BCUT2D eigenvalue weighted by molar-refractivity contribution is 7.91. The summed E-state index contributed by atoms with van der Waals surface area (Å²) < 4.78 is 64.4. The van der Waals surface area contributed by atoms with Gasteiger partial charge in [0.1, 0.15) is 24.0 Å². The van der Waals surface area contributed by atoms with Crippen LogP contribution in [0.2, 0.25) is 0 Å². The minimum absolute atomic E-state index is 0.0198. The number of hydrogen-bond donors (Lipinski definition) is 2. The van der Waals surface area contributed by atoms with Crippen LogP contribution < -0.4 is 10.1 Å². The number of amides is 1. The van der Waals surface area contributed by atoms with Crippen LogP contribution in [0, 0.1) is 11.6 Å². The summed E-state index contributed by atoms with van der Waals surface area (Å²) in [5, 5.41) is 11.6. The third-order valence-corrected chi connectivity index (χ3v) is 8.10. The molecule has 0 spiro atoms. The highest BCUT2D eigenvalue weighted by Gasteiger charge is 2.45. The van der Waals surface area contributed by atoms with Gasteiger partial charge in [-0.1, -0.05) is 18.2 Å². The molecule has 0 aliphatic carbocycles. The van der Waals surface area contributed by atoms with Gasteiger partial charge < -0.3 is 19.9 Å². The fourth-order valence-corrected chi connectivity index (χ4v) is 5.60. The Hall–Kier alpha value is -3.83. The van der Waals surface area contributed by atoms with Crippen LogP contribution in [0.25, 0.3) is 0 Å². The topological polar surface area (TPSA) is 114 Å². The van der Waals surface area contributed by atoms with Crippen molar-refractivity contribution in [3.05, 3.63) is 95.6 Å². The van der Waals surface area contributed by atoms with Crippen LogP contribution in [-0.4, -0.2) is 63.0 Å². The van der Waals surface area contributed by atoms with Crippen molar-refractivity contribution in [3.63, 3.8) is 0 Å². The van der Waals surface area contributed by atoms with E-state index in [-0.39, 0.29) is 49.1 Å². The largest absolute Gasteiger partial charge is 0.494 e. The summed E-state index contributed by atoms with van der Waals surface area (Å²) in [6.45, 7) is 0.252. The van der Waals surface area contributed by atoms with Gasteiger partial charge in [-0.2, -0.15) is 0 Å². The summed E-state index contributed by atoms with van der Waals surface area (Å²) in [5.41, 5.74) is -0.585. The molecule has 2 N–H and O–H groups in total. The van der Waals surface area contributed by atoms with E-state index in [1.54, 1.807) is 42.5 Å². The Morgan fingerprint density at radius 2 is 1.75 bits per heavy atom. The Labute approximate surface area is 231 Å². The van der Waals surface area contributed by atoms with E-state index in [1.807, 2.05) is 0 Å². The van der Waals surface area contributed by atoms with Crippen LogP contribution in [0.3, 0.4) is 0 Å². The summed E-state index contributed by atoms with van der Waals surface area (Å²) in [6.07, 6.45) is 0.514. The molecule has 0 saturated heterocycles. The molecule has 3 aromatic rings. The number of rotatable bonds is 13. The Morgan fingerprint density at radius 1 is 1.05 bits per heavy atom. The molecule has 0 radical (unpaired) electrons. The molecule has 0 fully saturated rings. The number of carbonyl (C=O) groups excluding carboxylic acids is 1. The second kappa shape index (κ2) is 13.0. The summed E-state index contributed by atoms with van der Waals surface area (Å²) >= 11 is 0. The number of aliphatic hydroxyl groups excluding tert-OH is 1. The van der Waals surface area contributed by atoms with Gasteiger partial charge in [0.05, 0.1) is 17.3 Å². The lowest BCUT2D eigenvalue weighted by molar-refractivity contribution is -0.126. The molecule has 0 bridgehead atoms. The molecule has 4 rings (SSSR count). The van der Waals surface area contributed by atoms with Gasteiger partial charge in [-0.3, -0.25) is 4.79 Å². The molecule has 11 heteroatoms. The number of sulfone groups is 1. The first-order valence-corrected chi connectivity index (χ1v) is 14.4. The molecule has 1 heterocycles. The highest BCUT2D eigenvalue weighted by atomic mass is 32.2. The molecule has 1 aliphatic heterocycles. The normalized spacial score (nSPS) is 16.7. The van der Waals surface area contributed by atoms with E-state index >= 15 is 0 Å². The highest BCUT2D eigenvalue weighted by Crippen LogP contribution is 2.28. The summed E-state index contributed by atoms with van der Waals surface area (Å²) in [6, 6.07) is 17.9. The minimum atomic E-state index is -3.71. The molecular formula is C29H30F2N2O6S. The zero-order valence-corrected chi connectivity index (χ0v) is 22.5. The van der Waals surface area contributed by atoms with E-state index in [1.165, 1.54) is 24.3 Å². The second-order valence-electron chi connectivity index (χ2n) is 9.35. The number of aliphatic hydroxyl groups is 1. The van der Waals surface area contributed by atoms with Crippen molar-refractivity contribution in [1.29, 1.82) is 0 Å². The van der Waals surface area contributed by atoms with Gasteiger partial charge >= 0.3 is 0 Å². The van der Waals surface area contributed by atoms with Crippen molar-refractivity contribution in [2.45, 2.75) is 29.7 Å². The fourth-order valence-electron chi connectivity index (χ4n) is 4.19. The first kappa shape index (κ1) is 29.2. The minimum Gasteiger partial charge on any atom is -0.494 e. The predicted octanol–water partition coefficient (Wildman–Crippen LogP) is 3.46. The molecule has 1 amide bonds. The van der Waals surface area contributed by atoms with Gasteiger partial charge in [-0.25, -0.2) is 22.2 Å². The molecule has 0 saturated carbocycles. The number of ether oxygens (including phenoxy) is 2. The van der Waals surface area contributed by atoms with Gasteiger partial charge in [0.25, 0.3) is 5.91 Å². The Kier molecular flexibility index (Phi) is 9.49. The molecular weight excluding hydrogens is 542 g/mol. The smallest absolute Gasteiger partial charge is 0.251 e. The van der Waals surface area contributed by atoms with Crippen LogP contribution in [0.5, 0.6) is 5.75 Å². The lowest BCUT2D eigenvalue weighted by Crippen LogP contribution is -2.48. The van der Waals surface area contributed by atoms with E-state index in [0.717, 1.165) is 6.07 Å². The Bertz CT molecular complexity index is 1430. The van der Waals surface area contributed by atoms with Gasteiger partial charge in [0.2, 0.25) is 5.90 Å². The van der Waals surface area contributed by atoms with Crippen LogP contribution in [0.1, 0.15) is 24.0 Å². The average molecular weight is 573 g/mol. The monoisotopic (exact) mass is 572 g/mol. The van der Waals surface area contributed by atoms with E-state index < -0.39 is 32.9 Å². The molecule has 212 valence electrons. The third-order valence-electron chi connectivity index (χ3n) is 6.37. The van der Waals surface area contributed by atoms with Crippen LogP contribution in [0.4, 0.5) is 8.78 Å². The van der Waals surface area contributed by atoms with Crippen molar-refractivity contribution >= 4 is 21.6 Å². The number of nitrogens with one attached hydrogen (secondary N) is 1. The van der Waals surface area contributed by atoms with Crippen molar-refractivity contribution in [2.24, 2.45) is 4.99 Å². The fraction of sp³-hybridized carbons (Fsp3) is 0.310. The van der Waals surface area contributed by atoms with E-state index in [9.17, 15) is 22.0 Å². The van der Waals surface area contributed by atoms with E-state index in [4.69, 9.17) is 14.6 Å². The predicted molar refractivity (Wildman–Crippen MR) is 145 cm³/mol. The number of nitrogens with zero attached hydrogens (tertiary/aromatic N) is 1. The quantitative estimate of drug-likeness (QED) is 0.303. The standard InChI is InChI=1S/C29H30F2N2O6S/c30-23-17-21(18-24(31)19-23)11-13-32-28(35)29(12-16-40(36,37)26-5-2-1-3-6-26)20-39-27(33-29)22-7-9-25(10-8-22)38-15-4-14-34/h1-3,5-10,17-19,34H,4,11-16,20H2,(H,32,35)/t29-/m1/s1. The first-order valence-electron chi connectivity index (χ1n) is 12.8. The van der Waals surface area contributed by atoms with Crippen LogP contribution >= 0.6 is 0 Å². The molecule has 3 aromatic carbocycles. The summed E-state index contributed by atoms with van der Waals surface area (Å²) in [4.78, 5) is 18.1. The summed E-state index contributed by atoms with van der Waals surface area (Å²) in [7, 11) is -3.71. The lowest BCUT2D eigenvalue weighted by Gasteiger charge is -2.23. The zero-order valence-electron chi connectivity index (χ0n) is 21.7. The van der Waals surface area contributed by atoms with E-state index in [0.29, 0.717) is 29.9 Å². The first-order chi connectivity index (χ1) is 19.2. The average Bonchev–Trinajstić information content (AvgIpc) is 3.38. The number of carbonyl (C=O) groups is 1. The van der Waals surface area contributed by atoms with Crippen molar-refractivity contribution in [3.8, 4) is 5.75 Å². The molecule has 0 unspecified atom stereocenters. The van der Waals surface area contributed by atoms with Gasteiger partial charge in [0.15, 0.2) is 15.4 Å². The summed E-state index contributed by atoms with van der Waals surface area (Å²) in [5.74, 6) is -1.56. The maximum absolute atomic E-state index is 13.5. The number of halogens is 2. The molecule has 0 aromatic heterocycles. The lowest BCUT2D eigenvalue weighted by atomic mass is 9.97. The van der Waals surface area contributed by atoms with Crippen molar-refractivity contribution < 1.29 is 36.6 Å².